The molecule has 166 valence electrons. The van der Waals surface area contributed by atoms with Gasteiger partial charge in [-0.25, -0.2) is 0 Å². The standard InChI is InChI=1S/C25H32N2O4/c28-21(16-26-24(30)25-13-17-10-18(14-25)12-19(11-17)15-25)31-22(20-6-2-1-3-7-20)23(29)27-8-4-5-9-27/h1-3,6-7,17-19,22H,4-5,8-16H2,(H,26,30)/t17?,18?,19?,22-,25?/m0/s1. The molecule has 2 amide bonds. The van der Waals surface area contributed by atoms with E-state index in [1.165, 1.54) is 19.3 Å². The van der Waals surface area contributed by atoms with Crippen LogP contribution in [0, 0.1) is 23.2 Å². The summed E-state index contributed by atoms with van der Waals surface area (Å²) in [6.45, 7) is 1.21. The molecule has 0 radical (unpaired) electrons. The highest BCUT2D eigenvalue weighted by atomic mass is 16.5. The van der Waals surface area contributed by atoms with E-state index in [0.717, 1.165) is 32.1 Å². The highest BCUT2D eigenvalue weighted by Gasteiger charge is 2.54. The molecule has 6 nitrogen and oxygen atoms in total. The largest absolute Gasteiger partial charge is 0.446 e. The maximum atomic E-state index is 13.1. The predicted octanol–water partition coefficient (Wildman–Crippen LogP) is 3.23. The molecule has 1 atom stereocenters. The van der Waals surface area contributed by atoms with Gasteiger partial charge in [0, 0.05) is 24.1 Å². The molecule has 4 bridgehead atoms. The van der Waals surface area contributed by atoms with Gasteiger partial charge in [0.25, 0.3) is 5.91 Å². The fourth-order valence-corrected chi connectivity index (χ4v) is 6.89. The molecule has 1 N–H and O–H groups in total. The van der Waals surface area contributed by atoms with Crippen molar-refractivity contribution in [1.82, 2.24) is 10.2 Å². The van der Waals surface area contributed by atoms with Gasteiger partial charge in [0.1, 0.15) is 6.54 Å². The second kappa shape index (κ2) is 8.29. The predicted molar refractivity (Wildman–Crippen MR) is 115 cm³/mol. The maximum Gasteiger partial charge on any atom is 0.326 e. The number of benzene rings is 1. The van der Waals surface area contributed by atoms with Gasteiger partial charge in [-0.15, -0.1) is 0 Å². The van der Waals surface area contributed by atoms with Crippen LogP contribution in [0.4, 0.5) is 0 Å². The van der Waals surface area contributed by atoms with E-state index in [2.05, 4.69) is 5.32 Å². The van der Waals surface area contributed by atoms with Crippen LogP contribution in [0.5, 0.6) is 0 Å². The van der Waals surface area contributed by atoms with Crippen molar-refractivity contribution in [3.63, 3.8) is 0 Å². The summed E-state index contributed by atoms with van der Waals surface area (Å²) in [7, 11) is 0. The molecule has 5 aliphatic rings. The van der Waals surface area contributed by atoms with E-state index in [1.54, 1.807) is 17.0 Å². The van der Waals surface area contributed by atoms with Crippen LogP contribution < -0.4 is 5.32 Å². The number of carbonyl (C=O) groups excluding carboxylic acids is 3. The van der Waals surface area contributed by atoms with Crippen molar-refractivity contribution in [1.29, 1.82) is 0 Å². The van der Waals surface area contributed by atoms with E-state index in [0.29, 0.717) is 36.4 Å². The number of ether oxygens (including phenoxy) is 1. The third kappa shape index (κ3) is 4.09. The van der Waals surface area contributed by atoms with Crippen molar-refractivity contribution >= 4 is 17.8 Å². The Balaban J connectivity index is 1.22. The minimum Gasteiger partial charge on any atom is -0.446 e. The highest BCUT2D eigenvalue weighted by molar-refractivity contribution is 5.89. The van der Waals surface area contributed by atoms with Gasteiger partial charge >= 0.3 is 5.97 Å². The van der Waals surface area contributed by atoms with Gasteiger partial charge in [0.05, 0.1) is 0 Å². The van der Waals surface area contributed by atoms with Crippen LogP contribution in [0.25, 0.3) is 0 Å². The first kappa shape index (κ1) is 20.5. The Hall–Kier alpha value is -2.37. The van der Waals surface area contributed by atoms with Gasteiger partial charge in [-0.1, -0.05) is 30.3 Å². The third-order valence-electron chi connectivity index (χ3n) is 7.91. The molecule has 0 aromatic heterocycles. The van der Waals surface area contributed by atoms with E-state index in [4.69, 9.17) is 4.74 Å². The highest BCUT2D eigenvalue weighted by Crippen LogP contribution is 2.60. The first-order valence-electron chi connectivity index (χ1n) is 11.8. The number of hydrogen-bond acceptors (Lipinski definition) is 4. The second-order valence-corrected chi connectivity index (χ2v) is 10.2. The van der Waals surface area contributed by atoms with Crippen molar-refractivity contribution in [3.05, 3.63) is 35.9 Å². The van der Waals surface area contributed by atoms with Gasteiger partial charge in [0.2, 0.25) is 12.0 Å². The van der Waals surface area contributed by atoms with Crippen molar-refractivity contribution < 1.29 is 19.1 Å². The second-order valence-electron chi connectivity index (χ2n) is 10.2. The molecule has 0 spiro atoms. The van der Waals surface area contributed by atoms with Crippen molar-refractivity contribution in [3.8, 4) is 0 Å². The molecule has 5 fully saturated rings. The van der Waals surface area contributed by atoms with Gasteiger partial charge in [-0.3, -0.25) is 14.4 Å². The summed E-state index contributed by atoms with van der Waals surface area (Å²) in [5, 5.41) is 2.87. The van der Waals surface area contributed by atoms with Crippen LogP contribution in [0.15, 0.2) is 30.3 Å². The Morgan fingerprint density at radius 3 is 2.13 bits per heavy atom. The van der Waals surface area contributed by atoms with Crippen molar-refractivity contribution in [2.45, 2.75) is 57.5 Å². The Labute approximate surface area is 183 Å². The number of amides is 2. The first-order chi connectivity index (χ1) is 15.0. The smallest absolute Gasteiger partial charge is 0.326 e. The Bertz CT molecular complexity index is 811. The number of carbonyl (C=O) groups is 3. The van der Waals surface area contributed by atoms with Crippen LogP contribution in [0.3, 0.4) is 0 Å². The lowest BCUT2D eigenvalue weighted by atomic mass is 9.49. The summed E-state index contributed by atoms with van der Waals surface area (Å²) in [4.78, 5) is 40.5. The van der Waals surface area contributed by atoms with Crippen LogP contribution in [-0.4, -0.2) is 42.3 Å². The maximum absolute atomic E-state index is 13.1. The average molecular weight is 425 g/mol. The Morgan fingerprint density at radius 1 is 0.968 bits per heavy atom. The molecular weight excluding hydrogens is 392 g/mol. The number of esters is 1. The lowest BCUT2D eigenvalue weighted by molar-refractivity contribution is -0.161. The van der Waals surface area contributed by atoms with Gasteiger partial charge in [-0.2, -0.15) is 0 Å². The molecule has 31 heavy (non-hydrogen) atoms. The lowest BCUT2D eigenvalue weighted by Gasteiger charge is -2.55. The Kier molecular flexibility index (Phi) is 5.49. The van der Waals surface area contributed by atoms with E-state index < -0.39 is 12.1 Å². The first-order valence-corrected chi connectivity index (χ1v) is 11.8. The minimum absolute atomic E-state index is 0.00526. The summed E-state index contributed by atoms with van der Waals surface area (Å²) in [6, 6.07) is 9.15. The summed E-state index contributed by atoms with van der Waals surface area (Å²) in [6.07, 6.45) is 7.68. The average Bonchev–Trinajstić information content (AvgIpc) is 3.30. The number of rotatable bonds is 6. The van der Waals surface area contributed by atoms with Crippen LogP contribution in [-0.2, 0) is 19.1 Å². The van der Waals surface area contributed by atoms with E-state index in [-0.39, 0.29) is 23.8 Å². The molecule has 0 unspecified atom stereocenters. The topological polar surface area (TPSA) is 75.7 Å². The monoisotopic (exact) mass is 424 g/mol. The molecular formula is C25H32N2O4. The van der Waals surface area contributed by atoms with Gasteiger partial charge in [-0.05, 0) is 69.1 Å². The van der Waals surface area contributed by atoms with E-state index in [9.17, 15) is 14.4 Å². The van der Waals surface area contributed by atoms with Crippen molar-refractivity contribution in [2.75, 3.05) is 19.6 Å². The molecule has 6 rings (SSSR count). The molecule has 1 aliphatic heterocycles. The molecule has 4 saturated carbocycles. The number of hydrogen-bond donors (Lipinski definition) is 1. The zero-order chi connectivity index (χ0) is 21.4. The van der Waals surface area contributed by atoms with Crippen molar-refractivity contribution in [2.24, 2.45) is 23.2 Å². The Morgan fingerprint density at radius 2 is 1.55 bits per heavy atom. The fraction of sp³-hybridized carbons (Fsp3) is 0.640. The summed E-state index contributed by atoms with van der Waals surface area (Å²) in [5.74, 6) is 1.29. The molecule has 1 saturated heterocycles. The lowest BCUT2D eigenvalue weighted by Crippen LogP contribution is -2.54. The molecule has 6 heteroatoms. The summed E-state index contributed by atoms with van der Waals surface area (Å²) in [5.41, 5.74) is 0.374. The van der Waals surface area contributed by atoms with Crippen LogP contribution in [0.1, 0.15) is 63.0 Å². The minimum atomic E-state index is -0.955. The van der Waals surface area contributed by atoms with E-state index >= 15 is 0 Å². The third-order valence-corrected chi connectivity index (χ3v) is 7.91. The van der Waals surface area contributed by atoms with Crippen LogP contribution >= 0.6 is 0 Å². The molecule has 1 aromatic rings. The normalized spacial score (nSPS) is 32.0. The summed E-state index contributed by atoms with van der Waals surface area (Å²) >= 11 is 0. The molecule has 1 heterocycles. The van der Waals surface area contributed by atoms with Gasteiger partial charge < -0.3 is 15.0 Å². The van der Waals surface area contributed by atoms with Gasteiger partial charge in [0.15, 0.2) is 0 Å². The van der Waals surface area contributed by atoms with E-state index in [1.807, 2.05) is 18.2 Å². The number of nitrogens with one attached hydrogen (secondary N) is 1. The number of nitrogens with zero attached hydrogens (tertiary/aromatic N) is 1. The fourth-order valence-electron chi connectivity index (χ4n) is 6.89. The SMILES string of the molecule is O=C(CNC(=O)C12CC3CC(CC(C3)C1)C2)O[C@H](C(=O)N1CCCC1)c1ccccc1. The zero-order valence-corrected chi connectivity index (χ0v) is 18.1. The molecule has 4 aliphatic carbocycles. The zero-order valence-electron chi connectivity index (χ0n) is 18.1. The quantitative estimate of drug-likeness (QED) is 0.712. The number of likely N-dealkylation sites (tertiary alicyclic amines) is 1. The van der Waals surface area contributed by atoms with Crippen LogP contribution in [0.2, 0.25) is 0 Å². The summed E-state index contributed by atoms with van der Waals surface area (Å²) < 4.78 is 5.64. The molecule has 1 aromatic carbocycles.